The Morgan fingerprint density at radius 1 is 0.900 bits per heavy atom. The van der Waals surface area contributed by atoms with Gasteiger partial charge in [0.05, 0.1) is 29.6 Å². The third-order valence-electron chi connectivity index (χ3n) is 6.88. The van der Waals surface area contributed by atoms with E-state index in [4.69, 9.17) is 9.72 Å². The summed E-state index contributed by atoms with van der Waals surface area (Å²) in [5.74, 6) is -0.496. The van der Waals surface area contributed by atoms with Crippen molar-refractivity contribution in [3.05, 3.63) is 96.1 Å². The smallest absolute Gasteiger partial charge is 0.433 e. The number of amides is 3. The van der Waals surface area contributed by atoms with Crippen molar-refractivity contribution < 1.29 is 24.2 Å². The van der Waals surface area contributed by atoms with E-state index in [0.717, 1.165) is 10.6 Å². The molecule has 10 heteroatoms. The SMILES string of the molecule is COC(=O)N(NC(=O)c1c(CN2CCN(C(=O)O)CC2)c(-c2ccccc2)nc2ccccc12)c1ccccc1. The van der Waals surface area contributed by atoms with Gasteiger partial charge in [-0.2, -0.15) is 5.01 Å². The molecule has 0 atom stereocenters. The number of hydrogen-bond donors (Lipinski definition) is 2. The van der Waals surface area contributed by atoms with E-state index in [9.17, 15) is 19.5 Å². The predicted molar refractivity (Wildman–Crippen MR) is 151 cm³/mol. The third kappa shape index (κ3) is 5.57. The average Bonchev–Trinajstić information content (AvgIpc) is 3.00. The average molecular weight is 540 g/mol. The Bertz CT molecular complexity index is 1520. The monoisotopic (exact) mass is 539 g/mol. The van der Waals surface area contributed by atoms with Gasteiger partial charge in [0, 0.05) is 49.2 Å². The molecule has 2 N–H and O–H groups in total. The molecule has 0 unspecified atom stereocenters. The zero-order chi connectivity index (χ0) is 28.1. The standard InChI is InChI=1S/C30H29N5O5/c1-40-30(39)35(22-12-6-3-7-13-22)32-28(36)26-23-14-8-9-15-25(23)31-27(21-10-4-2-5-11-21)24(26)20-33-16-18-34(19-17-33)29(37)38/h2-15H,16-20H2,1H3,(H,32,36)(H,37,38). The molecule has 2 heterocycles. The van der Waals surface area contributed by atoms with Gasteiger partial charge in [-0.15, -0.1) is 0 Å². The van der Waals surface area contributed by atoms with Crippen molar-refractivity contribution in [1.29, 1.82) is 0 Å². The minimum atomic E-state index is -0.944. The van der Waals surface area contributed by atoms with Crippen LogP contribution in [-0.4, -0.2) is 71.3 Å². The lowest BCUT2D eigenvalue weighted by Crippen LogP contribution is -2.48. The minimum Gasteiger partial charge on any atom is -0.465 e. The van der Waals surface area contributed by atoms with Gasteiger partial charge in [0.1, 0.15) is 0 Å². The molecule has 0 radical (unpaired) electrons. The number of methoxy groups -OCH3 is 1. The van der Waals surface area contributed by atoms with Gasteiger partial charge in [0.15, 0.2) is 0 Å². The number of hydrazine groups is 1. The highest BCUT2D eigenvalue weighted by Gasteiger charge is 2.28. The molecule has 40 heavy (non-hydrogen) atoms. The van der Waals surface area contributed by atoms with Gasteiger partial charge < -0.3 is 14.7 Å². The summed E-state index contributed by atoms with van der Waals surface area (Å²) in [6, 6.07) is 25.7. The topological polar surface area (TPSA) is 115 Å². The fourth-order valence-corrected chi connectivity index (χ4v) is 4.86. The summed E-state index contributed by atoms with van der Waals surface area (Å²) >= 11 is 0. The molecule has 3 amide bonds. The normalized spacial score (nSPS) is 13.6. The van der Waals surface area contributed by atoms with Crippen LogP contribution in [0.1, 0.15) is 15.9 Å². The quantitative estimate of drug-likeness (QED) is 0.356. The van der Waals surface area contributed by atoms with E-state index in [1.807, 2.05) is 60.7 Å². The summed E-state index contributed by atoms with van der Waals surface area (Å²) in [6.45, 7) is 2.10. The van der Waals surface area contributed by atoms with Crippen molar-refractivity contribution in [2.24, 2.45) is 0 Å². The van der Waals surface area contributed by atoms with Crippen molar-refractivity contribution in [3.63, 3.8) is 0 Å². The number of hydrogen-bond acceptors (Lipinski definition) is 6. The van der Waals surface area contributed by atoms with Crippen LogP contribution < -0.4 is 10.4 Å². The van der Waals surface area contributed by atoms with Gasteiger partial charge in [0.25, 0.3) is 5.91 Å². The van der Waals surface area contributed by atoms with Crippen LogP contribution in [0.2, 0.25) is 0 Å². The molecule has 1 aliphatic rings. The van der Waals surface area contributed by atoms with Gasteiger partial charge in [-0.25, -0.2) is 14.6 Å². The molecule has 1 aromatic heterocycles. The minimum absolute atomic E-state index is 0.363. The van der Waals surface area contributed by atoms with E-state index in [2.05, 4.69) is 10.3 Å². The van der Waals surface area contributed by atoms with E-state index in [1.54, 1.807) is 24.3 Å². The van der Waals surface area contributed by atoms with Crippen LogP contribution in [0.3, 0.4) is 0 Å². The van der Waals surface area contributed by atoms with Crippen molar-refractivity contribution >= 4 is 34.7 Å². The highest BCUT2D eigenvalue weighted by molar-refractivity contribution is 6.10. The van der Waals surface area contributed by atoms with Crippen molar-refractivity contribution in [3.8, 4) is 11.3 Å². The van der Waals surface area contributed by atoms with Crippen LogP contribution in [0.5, 0.6) is 0 Å². The molecule has 0 aliphatic carbocycles. The molecule has 0 bridgehead atoms. The van der Waals surface area contributed by atoms with Gasteiger partial charge in [0.2, 0.25) is 0 Å². The number of fused-ring (bicyclic) bond motifs is 1. The molecule has 3 aromatic carbocycles. The summed E-state index contributed by atoms with van der Waals surface area (Å²) < 4.78 is 4.96. The maximum atomic E-state index is 14.2. The van der Waals surface area contributed by atoms with E-state index in [0.29, 0.717) is 66.1 Å². The van der Waals surface area contributed by atoms with E-state index in [-0.39, 0.29) is 0 Å². The number of piperazine rings is 1. The maximum absolute atomic E-state index is 14.2. The predicted octanol–water partition coefficient (Wildman–Crippen LogP) is 4.62. The van der Waals surface area contributed by atoms with Crippen molar-refractivity contribution in [2.75, 3.05) is 38.3 Å². The molecule has 204 valence electrons. The lowest BCUT2D eigenvalue weighted by atomic mass is 9.95. The molecular formula is C30H29N5O5. The summed E-state index contributed by atoms with van der Waals surface area (Å²) in [5, 5.41) is 11.1. The lowest BCUT2D eigenvalue weighted by Gasteiger charge is -2.34. The Balaban J connectivity index is 1.62. The highest BCUT2D eigenvalue weighted by Crippen LogP contribution is 2.32. The number of carboxylic acid groups (broad SMARTS) is 1. The summed E-state index contributed by atoms with van der Waals surface area (Å²) in [5.41, 5.74) is 6.39. The van der Waals surface area contributed by atoms with Crippen LogP contribution in [0.15, 0.2) is 84.9 Å². The number of carbonyl (C=O) groups is 3. The van der Waals surface area contributed by atoms with E-state index in [1.165, 1.54) is 12.0 Å². The maximum Gasteiger partial charge on any atom is 0.433 e. The zero-order valence-electron chi connectivity index (χ0n) is 22.0. The molecule has 10 nitrogen and oxygen atoms in total. The van der Waals surface area contributed by atoms with E-state index < -0.39 is 18.1 Å². The Morgan fingerprint density at radius 3 is 2.17 bits per heavy atom. The number of ether oxygens (including phenoxy) is 1. The summed E-state index contributed by atoms with van der Waals surface area (Å²) in [4.78, 5) is 46.8. The number of rotatable bonds is 5. The molecule has 4 aromatic rings. The molecule has 0 spiro atoms. The van der Waals surface area contributed by atoms with Gasteiger partial charge in [-0.05, 0) is 18.2 Å². The molecule has 5 rings (SSSR count). The fourth-order valence-electron chi connectivity index (χ4n) is 4.86. The zero-order valence-corrected chi connectivity index (χ0v) is 22.0. The van der Waals surface area contributed by atoms with Crippen LogP contribution in [0.4, 0.5) is 15.3 Å². The Morgan fingerprint density at radius 2 is 1.52 bits per heavy atom. The molecular weight excluding hydrogens is 510 g/mol. The first-order valence-corrected chi connectivity index (χ1v) is 12.9. The van der Waals surface area contributed by atoms with Crippen LogP contribution >= 0.6 is 0 Å². The molecule has 1 saturated heterocycles. The number of nitrogens with zero attached hydrogens (tertiary/aromatic N) is 4. The summed E-state index contributed by atoms with van der Waals surface area (Å²) in [6.07, 6.45) is -1.69. The number of benzene rings is 3. The van der Waals surface area contributed by atoms with Crippen LogP contribution in [0.25, 0.3) is 22.2 Å². The second kappa shape index (κ2) is 11.8. The Labute approximate surface area is 231 Å². The number of para-hydroxylation sites is 2. The van der Waals surface area contributed by atoms with Crippen LogP contribution in [0, 0.1) is 0 Å². The first kappa shape index (κ1) is 26.6. The number of aromatic nitrogens is 1. The number of nitrogens with one attached hydrogen (secondary N) is 1. The Hall–Kier alpha value is -4.96. The molecule has 1 aliphatic heterocycles. The van der Waals surface area contributed by atoms with Crippen molar-refractivity contribution in [2.45, 2.75) is 6.54 Å². The number of pyridine rings is 1. The third-order valence-corrected chi connectivity index (χ3v) is 6.88. The highest BCUT2D eigenvalue weighted by atomic mass is 16.5. The van der Waals surface area contributed by atoms with Crippen LogP contribution in [-0.2, 0) is 11.3 Å². The second-order valence-corrected chi connectivity index (χ2v) is 9.32. The number of anilines is 1. The fraction of sp³-hybridized carbons (Fsp3) is 0.200. The van der Waals surface area contributed by atoms with E-state index >= 15 is 0 Å². The first-order valence-electron chi connectivity index (χ1n) is 12.9. The van der Waals surface area contributed by atoms with Gasteiger partial charge in [-0.3, -0.25) is 15.1 Å². The van der Waals surface area contributed by atoms with Gasteiger partial charge >= 0.3 is 12.2 Å². The van der Waals surface area contributed by atoms with Crippen molar-refractivity contribution in [1.82, 2.24) is 20.2 Å². The lowest BCUT2D eigenvalue weighted by molar-refractivity contribution is 0.0936. The van der Waals surface area contributed by atoms with Gasteiger partial charge in [-0.1, -0.05) is 66.7 Å². The molecule has 0 saturated carbocycles. The largest absolute Gasteiger partial charge is 0.465 e. The summed E-state index contributed by atoms with van der Waals surface area (Å²) in [7, 11) is 1.25. The second-order valence-electron chi connectivity index (χ2n) is 9.32. The molecule has 1 fully saturated rings. The number of carbonyl (C=O) groups excluding carboxylic acids is 2. The first-order chi connectivity index (χ1) is 19.5. The Kier molecular flexibility index (Phi) is 7.88.